The van der Waals surface area contributed by atoms with E-state index in [9.17, 15) is 44.2 Å². The zero-order valence-electron chi connectivity index (χ0n) is 79.4. The van der Waals surface area contributed by atoms with Crippen LogP contribution in [-0.4, -0.2) is 129 Å². The minimum absolute atomic E-state index is 0.0124. The van der Waals surface area contributed by atoms with Gasteiger partial charge in [0.15, 0.2) is 59.2 Å². The van der Waals surface area contributed by atoms with Crippen LogP contribution in [0.3, 0.4) is 0 Å². The van der Waals surface area contributed by atoms with Crippen LogP contribution in [0.2, 0.25) is 0 Å². The van der Waals surface area contributed by atoms with Gasteiger partial charge in [-0.3, -0.25) is 24.7 Å². The SMILES string of the molecule is CCc1ccc(N=Nc2c(O)[nH]c3cc(C)c(O)c(C)c23)cc1.Cc1ccc(N=Cc2c(O)[nH]c3ccc(-c4cnco4)cc23)cc1.Cc1ccc(N=Cc2c(O)[nH]c3ccc4ncsc4c23)cc1.Cc1ccc(N=Nc2c(O)[nH]c3ccc(-c4cnco4)cc23)cc1.O=S(=O)(Nc1ccccn1)c1ccc(N=Cc2c(O)[nH]c3ccc4ncsc4c23)cc1.Oc1[nH]c2ccc3ncsc3c2c1C=Nc1ccc2c(c1)CN=N2. The van der Waals surface area contributed by atoms with Gasteiger partial charge in [0.2, 0.25) is 11.8 Å². The van der Waals surface area contributed by atoms with Gasteiger partial charge in [0, 0.05) is 91.1 Å². The fourth-order valence-corrected chi connectivity index (χ4v) is 20.0. The van der Waals surface area contributed by atoms with Gasteiger partial charge in [-0.25, -0.2) is 38.3 Å². The average Bonchev–Trinajstić information content (AvgIpc) is 1.62. The molecule has 0 fully saturated rings. The van der Waals surface area contributed by atoms with Crippen molar-refractivity contribution in [1.82, 2.24) is 59.8 Å². The van der Waals surface area contributed by atoms with Crippen molar-refractivity contribution in [3.8, 4) is 63.7 Å². The average molecular weight is 2040 g/mol. The fraction of sp³-hybridized carbons (Fsp3) is 0.0727. The summed E-state index contributed by atoms with van der Waals surface area (Å²) in [5.74, 6) is 2.06. The molecule has 12 aromatic heterocycles. The lowest BCUT2D eigenvalue weighted by Crippen LogP contribution is -2.13. The predicted octanol–water partition coefficient (Wildman–Crippen LogP) is 28.8. The number of nitrogens with one attached hydrogen (secondary N) is 7. The molecule has 24 aromatic rings. The van der Waals surface area contributed by atoms with E-state index in [2.05, 4.69) is 122 Å². The van der Waals surface area contributed by atoms with Gasteiger partial charge in [0.05, 0.1) is 161 Å². The Hall–Kier alpha value is -19.1. The van der Waals surface area contributed by atoms with E-state index < -0.39 is 10.0 Å². The number of sulfonamides is 1. The molecule has 0 atom stereocenters. The molecule has 12 aromatic carbocycles. The number of azo groups is 3. The van der Waals surface area contributed by atoms with Crippen molar-refractivity contribution in [2.45, 2.75) is 59.4 Å². The van der Waals surface area contributed by atoms with Gasteiger partial charge in [-0.15, -0.1) is 44.2 Å². The number of thiazole rings is 3. The first kappa shape index (κ1) is 96.4. The van der Waals surface area contributed by atoms with E-state index in [0.29, 0.717) is 74.0 Å². The number of phenols is 1. The summed E-state index contributed by atoms with van der Waals surface area (Å²) in [6, 6.07) is 72.9. The highest BCUT2D eigenvalue weighted by Gasteiger charge is 2.23. The number of aromatic amines is 6. The summed E-state index contributed by atoms with van der Waals surface area (Å²) in [6.07, 6.45) is 15.2. The highest BCUT2D eigenvalue weighted by Crippen LogP contribution is 2.46. The highest BCUT2D eigenvalue weighted by atomic mass is 32.2. The van der Waals surface area contributed by atoms with E-state index >= 15 is 0 Å². The van der Waals surface area contributed by atoms with Crippen LogP contribution < -0.4 is 4.72 Å². The quantitative estimate of drug-likeness (QED) is 0.0280. The molecule has 25 rings (SSSR count). The van der Waals surface area contributed by atoms with Crippen LogP contribution in [0.1, 0.15) is 68.1 Å². The van der Waals surface area contributed by atoms with Crippen molar-refractivity contribution in [1.29, 1.82) is 0 Å². The summed E-state index contributed by atoms with van der Waals surface area (Å²) < 4.78 is 41.2. The number of aliphatic imine (C=N–C) groups is 4. The second kappa shape index (κ2) is 42.2. The van der Waals surface area contributed by atoms with Gasteiger partial charge < -0.3 is 74.5 Å². The largest absolute Gasteiger partial charge is 0.507 e. The van der Waals surface area contributed by atoms with Crippen molar-refractivity contribution >= 4 is 222 Å². The highest BCUT2D eigenvalue weighted by molar-refractivity contribution is 7.92. The fourth-order valence-electron chi connectivity index (χ4n) is 16.5. The van der Waals surface area contributed by atoms with Gasteiger partial charge in [0.1, 0.15) is 11.6 Å². The summed E-state index contributed by atoms with van der Waals surface area (Å²) in [4.78, 5) is 60.4. The van der Waals surface area contributed by atoms with Crippen LogP contribution in [0.15, 0.2) is 349 Å². The topological polar surface area (TPSA) is 510 Å². The number of fused-ring (bicyclic) bond motifs is 13. The molecular formula is C110H87N23O11S4. The van der Waals surface area contributed by atoms with Gasteiger partial charge >= 0.3 is 0 Å². The monoisotopic (exact) mass is 2030 g/mol. The van der Waals surface area contributed by atoms with Crippen LogP contribution in [0.4, 0.5) is 57.0 Å². The number of benzene rings is 12. The lowest BCUT2D eigenvalue weighted by molar-refractivity contribution is 0.457. The molecule has 148 heavy (non-hydrogen) atoms. The summed E-state index contributed by atoms with van der Waals surface area (Å²) in [5, 5.41) is 101. The van der Waals surface area contributed by atoms with Crippen LogP contribution in [0.5, 0.6) is 41.0 Å². The van der Waals surface area contributed by atoms with Gasteiger partial charge in [-0.05, 0) is 234 Å². The number of phenolic OH excluding ortho intramolecular Hbond substituents is 1. The smallest absolute Gasteiger partial charge is 0.263 e. The molecule has 1 aliphatic heterocycles. The van der Waals surface area contributed by atoms with Crippen molar-refractivity contribution in [2.75, 3.05) is 4.72 Å². The lowest BCUT2D eigenvalue weighted by atomic mass is 10.1. The van der Waals surface area contributed by atoms with Crippen molar-refractivity contribution in [3.05, 3.63) is 346 Å². The number of H-pyrrole nitrogens is 6. The Morgan fingerprint density at radius 3 is 1.32 bits per heavy atom. The Morgan fingerprint density at radius 2 is 0.831 bits per heavy atom. The molecule has 0 amide bonds. The predicted molar refractivity (Wildman–Crippen MR) is 584 cm³/mol. The minimum Gasteiger partial charge on any atom is -0.507 e. The Morgan fingerprint density at radius 1 is 0.405 bits per heavy atom. The van der Waals surface area contributed by atoms with Gasteiger partial charge in [0.25, 0.3) is 10.0 Å². The Bertz CT molecular complexity index is 9200. The number of pyridine rings is 1. The molecule has 732 valence electrons. The number of aryl methyl sites for hydroxylation is 6. The number of hydrogen-bond acceptors (Lipinski definition) is 30. The normalized spacial score (nSPS) is 12.0. The Labute approximate surface area is 853 Å². The summed E-state index contributed by atoms with van der Waals surface area (Å²) in [7, 11) is -3.76. The molecule has 1 aliphatic rings. The van der Waals surface area contributed by atoms with E-state index in [1.165, 1.54) is 59.1 Å². The third kappa shape index (κ3) is 21.0. The molecule has 0 radical (unpaired) electrons. The zero-order chi connectivity index (χ0) is 102. The summed E-state index contributed by atoms with van der Waals surface area (Å²) in [5.41, 5.74) is 30.6. The minimum atomic E-state index is -3.76. The molecule has 13 heterocycles. The number of rotatable bonds is 18. The van der Waals surface area contributed by atoms with Crippen LogP contribution in [0, 0.1) is 34.6 Å². The number of anilines is 1. The first-order chi connectivity index (χ1) is 71.9. The molecule has 38 heteroatoms. The molecule has 34 nitrogen and oxygen atoms in total. The second-order valence-corrected chi connectivity index (χ2v) is 38.3. The number of hydrogen-bond donors (Lipinski definition) is 14. The van der Waals surface area contributed by atoms with Crippen LogP contribution in [0.25, 0.3) is 119 Å². The van der Waals surface area contributed by atoms with Crippen molar-refractivity contribution in [2.24, 2.45) is 50.7 Å². The Kier molecular flexibility index (Phi) is 27.5. The van der Waals surface area contributed by atoms with Gasteiger partial charge in [-0.2, -0.15) is 20.5 Å². The maximum absolute atomic E-state index is 12.5. The third-order valence-electron chi connectivity index (χ3n) is 24.2. The molecule has 0 saturated heterocycles. The van der Waals surface area contributed by atoms with Gasteiger partial charge in [-0.1, -0.05) is 78.2 Å². The van der Waals surface area contributed by atoms with E-state index in [4.69, 9.17) is 8.83 Å². The standard InChI is InChI=1S/C21H15N5O3S2.C19H15N3O2.C18H14N4O2.C18H19N3O2.C17H11N5OS.C17H13N3OS/c27-21-15(19-16(25-21)8-9-17-20(19)30-12-24-17)11-23-13-4-6-14(7-5-13)31(28,29)26-18-3-1-2-10-22-18;1-12-2-5-14(6-3-12)21-9-16-15-8-13(18-10-20-11-24-18)4-7-17(15)22-19(16)23;1-11-2-5-13(6-3-11)21-22-17-14-8-12(16-9-19-10-24-16)4-7-15(14)20-18(17)23;1-4-12-5-7-13(8-6-12)20-21-16-15-11(3)17(22)10(2)9-14(15)19-18(16)23;23-17-11(7-18-10-1-2-12-9(5-10)6-20-22-12)15-13(21-17)3-4-14-16(15)24-8-19-14;1-10-2-4-11(5-3-10)18-8-12-15-13(20-17(12)21)6-7-14-16(15)22-9-19-14/h1-12,25,27H,(H,22,26);2-11,22-23H,1H3;2-10,20,23H,1H3;5-9,19,22-23H,4H2,1-3H3;1-5,7-8,21,23H,6H2;2-9,20-21H,1H3. The number of aromatic hydroxyl groups is 7. The van der Waals surface area contributed by atoms with E-state index in [-0.39, 0.29) is 51.7 Å². The maximum Gasteiger partial charge on any atom is 0.263 e. The molecular weight excluding hydrogens is 1950 g/mol. The number of oxazole rings is 2. The molecule has 0 bridgehead atoms. The molecule has 0 saturated carbocycles. The first-order valence-corrected chi connectivity index (χ1v) is 50.1. The van der Waals surface area contributed by atoms with E-state index in [0.717, 1.165) is 153 Å². The van der Waals surface area contributed by atoms with Crippen LogP contribution in [-0.2, 0) is 23.0 Å². The van der Waals surface area contributed by atoms with Crippen molar-refractivity contribution < 1.29 is 53.0 Å². The van der Waals surface area contributed by atoms with Crippen LogP contribution >= 0.6 is 34.0 Å². The first-order valence-electron chi connectivity index (χ1n) is 46.0. The number of aromatic nitrogens is 12. The summed E-state index contributed by atoms with van der Waals surface area (Å²) >= 11 is 4.61. The molecule has 0 unspecified atom stereocenters. The number of nitrogens with zero attached hydrogens (tertiary/aromatic N) is 16. The Balaban J connectivity index is 0.000000108. The maximum atomic E-state index is 12.5. The second-order valence-electron chi connectivity index (χ2n) is 34.1. The zero-order valence-corrected chi connectivity index (χ0v) is 82.7. The lowest BCUT2D eigenvalue weighted by Gasteiger charge is -2.07. The molecule has 0 spiro atoms. The summed E-state index contributed by atoms with van der Waals surface area (Å²) in [6.45, 7) is 12.4. The molecule has 0 aliphatic carbocycles. The van der Waals surface area contributed by atoms with Crippen molar-refractivity contribution in [3.63, 3.8) is 0 Å². The van der Waals surface area contributed by atoms with E-state index in [1.807, 2.05) is 227 Å². The van der Waals surface area contributed by atoms with E-state index in [1.54, 1.807) is 109 Å². The third-order valence-corrected chi connectivity index (χ3v) is 28.1. The molecule has 14 N–H and O–H groups in total.